The maximum atomic E-state index is 12.9. The van der Waals surface area contributed by atoms with Gasteiger partial charge in [0.25, 0.3) is 0 Å². The van der Waals surface area contributed by atoms with Gasteiger partial charge in [0, 0.05) is 12.1 Å². The smallest absolute Gasteiger partial charge is 0.123 e. The van der Waals surface area contributed by atoms with E-state index in [-0.39, 0.29) is 5.82 Å². The highest BCUT2D eigenvalue weighted by Gasteiger charge is 2.19. The Kier molecular flexibility index (Phi) is 6.69. The van der Waals surface area contributed by atoms with Crippen LogP contribution in [-0.4, -0.2) is 12.1 Å². The van der Waals surface area contributed by atoms with Crippen molar-refractivity contribution in [2.75, 3.05) is 0 Å². The van der Waals surface area contributed by atoms with Crippen molar-refractivity contribution in [1.82, 2.24) is 5.32 Å². The normalized spacial score (nSPS) is 24.5. The lowest BCUT2D eigenvalue weighted by atomic mass is 9.95. The van der Waals surface area contributed by atoms with Gasteiger partial charge in [0.05, 0.1) is 0 Å². The van der Waals surface area contributed by atoms with Gasteiger partial charge in [-0.05, 0) is 56.2 Å². The van der Waals surface area contributed by atoms with E-state index in [4.69, 9.17) is 0 Å². The van der Waals surface area contributed by atoms with Crippen molar-refractivity contribution in [3.63, 3.8) is 0 Å². The molecule has 0 heterocycles. The average molecular weight is 291 g/mol. The third-order valence-corrected chi connectivity index (χ3v) is 4.76. The van der Waals surface area contributed by atoms with Crippen LogP contribution in [0.3, 0.4) is 0 Å². The molecule has 1 nitrogen and oxygen atoms in total. The van der Waals surface area contributed by atoms with Crippen molar-refractivity contribution in [2.24, 2.45) is 5.92 Å². The summed E-state index contributed by atoms with van der Waals surface area (Å²) in [6.07, 6.45) is 10.5. The molecule has 1 N–H and O–H groups in total. The first-order valence-corrected chi connectivity index (χ1v) is 8.68. The first-order chi connectivity index (χ1) is 10.2. The molecular formula is C19H30FN. The van der Waals surface area contributed by atoms with Gasteiger partial charge in [-0.1, -0.05) is 44.7 Å². The van der Waals surface area contributed by atoms with E-state index in [9.17, 15) is 4.39 Å². The zero-order chi connectivity index (χ0) is 15.1. The summed E-state index contributed by atoms with van der Waals surface area (Å²) >= 11 is 0. The van der Waals surface area contributed by atoms with E-state index < -0.39 is 0 Å². The minimum absolute atomic E-state index is 0.148. The van der Waals surface area contributed by atoms with Crippen molar-refractivity contribution in [3.8, 4) is 0 Å². The topological polar surface area (TPSA) is 12.0 Å². The third kappa shape index (κ3) is 5.78. The van der Waals surface area contributed by atoms with Crippen LogP contribution in [0.2, 0.25) is 0 Å². The van der Waals surface area contributed by atoms with Gasteiger partial charge in [-0.3, -0.25) is 0 Å². The van der Waals surface area contributed by atoms with Crippen LogP contribution in [0.25, 0.3) is 0 Å². The molecule has 0 radical (unpaired) electrons. The van der Waals surface area contributed by atoms with E-state index in [1.807, 2.05) is 12.1 Å². The van der Waals surface area contributed by atoms with Crippen LogP contribution in [0.4, 0.5) is 4.39 Å². The van der Waals surface area contributed by atoms with E-state index >= 15 is 0 Å². The van der Waals surface area contributed by atoms with E-state index in [0.717, 1.165) is 12.3 Å². The molecule has 0 spiro atoms. The van der Waals surface area contributed by atoms with E-state index in [2.05, 4.69) is 19.2 Å². The summed E-state index contributed by atoms with van der Waals surface area (Å²) in [6, 6.07) is 8.05. The fraction of sp³-hybridized carbons (Fsp3) is 0.684. The minimum atomic E-state index is -0.148. The van der Waals surface area contributed by atoms with Crippen LogP contribution in [0, 0.1) is 11.7 Å². The molecule has 0 aromatic heterocycles. The molecule has 0 bridgehead atoms. The molecule has 1 aromatic carbocycles. The summed E-state index contributed by atoms with van der Waals surface area (Å²) in [5.41, 5.74) is 1.22. The Hall–Kier alpha value is -0.890. The molecule has 2 rings (SSSR count). The Bertz CT molecular complexity index is 401. The molecule has 118 valence electrons. The molecule has 1 fully saturated rings. The summed E-state index contributed by atoms with van der Waals surface area (Å²) in [7, 11) is 0. The molecule has 0 aliphatic heterocycles. The lowest BCUT2D eigenvalue weighted by Gasteiger charge is -2.22. The summed E-state index contributed by atoms with van der Waals surface area (Å²) in [6.45, 7) is 4.54. The van der Waals surface area contributed by atoms with E-state index in [1.54, 1.807) is 12.1 Å². The molecule has 21 heavy (non-hydrogen) atoms. The van der Waals surface area contributed by atoms with Gasteiger partial charge in [0.2, 0.25) is 0 Å². The van der Waals surface area contributed by atoms with Crippen molar-refractivity contribution >= 4 is 0 Å². The maximum Gasteiger partial charge on any atom is 0.123 e. The van der Waals surface area contributed by atoms with Crippen molar-refractivity contribution in [3.05, 3.63) is 35.6 Å². The highest BCUT2D eigenvalue weighted by atomic mass is 19.1. The molecule has 3 unspecified atom stereocenters. The zero-order valence-electron chi connectivity index (χ0n) is 13.6. The third-order valence-electron chi connectivity index (χ3n) is 4.76. The predicted octanol–water partition coefficient (Wildman–Crippen LogP) is 5.10. The minimum Gasteiger partial charge on any atom is -0.311 e. The first kappa shape index (κ1) is 16.5. The molecule has 1 aliphatic carbocycles. The van der Waals surface area contributed by atoms with Crippen LogP contribution in [0.15, 0.2) is 24.3 Å². The standard InChI is InChI=1S/C19H30FN/c1-3-5-16-6-4-7-19(13-10-16)21-15(2)14-17-8-11-18(20)12-9-17/h8-9,11-12,15-16,19,21H,3-7,10,13-14H2,1-2H3. The number of hydrogen-bond acceptors (Lipinski definition) is 1. The van der Waals surface area contributed by atoms with Gasteiger partial charge >= 0.3 is 0 Å². The molecule has 1 saturated carbocycles. The Labute approximate surface area is 129 Å². The van der Waals surface area contributed by atoms with Gasteiger partial charge in [-0.25, -0.2) is 4.39 Å². The van der Waals surface area contributed by atoms with E-state index in [0.29, 0.717) is 12.1 Å². The van der Waals surface area contributed by atoms with Crippen LogP contribution in [-0.2, 0) is 6.42 Å². The van der Waals surface area contributed by atoms with Gasteiger partial charge < -0.3 is 5.32 Å². The number of nitrogens with one attached hydrogen (secondary N) is 1. The summed E-state index contributed by atoms with van der Waals surface area (Å²) < 4.78 is 12.9. The predicted molar refractivity (Wildman–Crippen MR) is 88.0 cm³/mol. The maximum absolute atomic E-state index is 12.9. The highest BCUT2D eigenvalue weighted by molar-refractivity contribution is 5.17. The van der Waals surface area contributed by atoms with Crippen LogP contribution < -0.4 is 5.32 Å². The SMILES string of the molecule is CCCC1CCCC(NC(C)Cc2ccc(F)cc2)CC1. The largest absolute Gasteiger partial charge is 0.311 e. The number of halogens is 1. The molecule has 1 aliphatic rings. The number of rotatable bonds is 6. The van der Waals surface area contributed by atoms with Crippen molar-refractivity contribution in [2.45, 2.75) is 77.3 Å². The first-order valence-electron chi connectivity index (χ1n) is 8.68. The Balaban J connectivity index is 1.76. The lowest BCUT2D eigenvalue weighted by Crippen LogP contribution is -2.37. The Morgan fingerprint density at radius 3 is 2.62 bits per heavy atom. The fourth-order valence-corrected chi connectivity index (χ4v) is 3.68. The van der Waals surface area contributed by atoms with Gasteiger partial charge in [0.1, 0.15) is 5.82 Å². The number of hydrogen-bond donors (Lipinski definition) is 1. The van der Waals surface area contributed by atoms with Crippen LogP contribution in [0.1, 0.15) is 64.4 Å². The quantitative estimate of drug-likeness (QED) is 0.719. The highest BCUT2D eigenvalue weighted by Crippen LogP contribution is 2.27. The van der Waals surface area contributed by atoms with Crippen molar-refractivity contribution < 1.29 is 4.39 Å². The molecule has 0 amide bonds. The Morgan fingerprint density at radius 2 is 1.90 bits per heavy atom. The lowest BCUT2D eigenvalue weighted by molar-refractivity contribution is 0.388. The monoisotopic (exact) mass is 291 g/mol. The average Bonchev–Trinajstić information content (AvgIpc) is 2.67. The van der Waals surface area contributed by atoms with Gasteiger partial charge in [-0.2, -0.15) is 0 Å². The zero-order valence-corrected chi connectivity index (χ0v) is 13.6. The summed E-state index contributed by atoms with van der Waals surface area (Å²) in [5.74, 6) is 0.805. The second-order valence-electron chi connectivity index (χ2n) is 6.76. The Morgan fingerprint density at radius 1 is 1.14 bits per heavy atom. The summed E-state index contributed by atoms with van der Waals surface area (Å²) in [5, 5.41) is 3.79. The van der Waals surface area contributed by atoms with Crippen molar-refractivity contribution in [1.29, 1.82) is 0 Å². The second kappa shape index (κ2) is 8.53. The van der Waals surface area contributed by atoms with Gasteiger partial charge in [-0.15, -0.1) is 0 Å². The summed E-state index contributed by atoms with van der Waals surface area (Å²) in [4.78, 5) is 0. The van der Waals surface area contributed by atoms with Crippen LogP contribution >= 0.6 is 0 Å². The van der Waals surface area contributed by atoms with Crippen LogP contribution in [0.5, 0.6) is 0 Å². The number of benzene rings is 1. The molecule has 0 saturated heterocycles. The molecular weight excluding hydrogens is 261 g/mol. The second-order valence-corrected chi connectivity index (χ2v) is 6.76. The fourth-order valence-electron chi connectivity index (χ4n) is 3.68. The molecule has 2 heteroatoms. The molecule has 1 aromatic rings. The molecule has 3 atom stereocenters. The van der Waals surface area contributed by atoms with Gasteiger partial charge in [0.15, 0.2) is 0 Å². The van der Waals surface area contributed by atoms with E-state index in [1.165, 1.54) is 50.5 Å².